The number of benzene rings is 2. The van der Waals surface area contributed by atoms with Crippen molar-refractivity contribution in [2.75, 3.05) is 26.3 Å². The van der Waals surface area contributed by atoms with Gasteiger partial charge in [-0.3, -0.25) is 9.59 Å². The molecule has 0 unspecified atom stereocenters. The van der Waals surface area contributed by atoms with Crippen molar-refractivity contribution in [3.8, 4) is 11.5 Å². The number of hydrogen-bond donors (Lipinski definition) is 1. The number of carbonyl (C=O) groups excluding carboxylic acids is 2. The lowest BCUT2D eigenvalue weighted by Crippen LogP contribution is -2.41. The Balaban J connectivity index is 1.52. The summed E-state index contributed by atoms with van der Waals surface area (Å²) < 4.78 is 23.9. The van der Waals surface area contributed by atoms with E-state index in [0.29, 0.717) is 31.3 Å². The number of fused-ring (bicyclic) bond motifs is 1. The molecule has 0 aromatic heterocycles. The zero-order valence-corrected chi connectivity index (χ0v) is 15.7. The van der Waals surface area contributed by atoms with Gasteiger partial charge in [-0.2, -0.15) is 0 Å². The molecule has 2 amide bonds. The Morgan fingerprint density at radius 3 is 2.43 bits per heavy atom. The third-order valence-corrected chi connectivity index (χ3v) is 4.43. The maximum Gasteiger partial charge on any atom is 0.239 e. The van der Waals surface area contributed by atoms with Crippen LogP contribution in [0.15, 0.2) is 42.5 Å². The molecular weight excluding hydrogens is 363 g/mol. The average Bonchev–Trinajstić information content (AvgIpc) is 2.71. The fraction of sp³-hybridized carbons (Fsp3) is 0.333. The highest BCUT2D eigenvalue weighted by molar-refractivity contribution is 5.85. The molecule has 0 saturated heterocycles. The van der Waals surface area contributed by atoms with Crippen LogP contribution < -0.4 is 14.8 Å². The SMILES string of the molecule is CCN(CC(=O)NCc1ccc(F)cc1)C(=O)Cc1ccc2c(c1)OCCO2. The maximum absolute atomic E-state index is 12.9. The summed E-state index contributed by atoms with van der Waals surface area (Å²) >= 11 is 0. The summed E-state index contributed by atoms with van der Waals surface area (Å²) in [5.74, 6) is 0.585. The molecule has 0 radical (unpaired) electrons. The van der Waals surface area contributed by atoms with Gasteiger partial charge >= 0.3 is 0 Å². The zero-order chi connectivity index (χ0) is 19.9. The van der Waals surface area contributed by atoms with Crippen LogP contribution in [0.2, 0.25) is 0 Å². The van der Waals surface area contributed by atoms with Crippen molar-refractivity contribution in [2.45, 2.75) is 19.9 Å². The van der Waals surface area contributed by atoms with Crippen LogP contribution in [0.3, 0.4) is 0 Å². The van der Waals surface area contributed by atoms with Gasteiger partial charge < -0.3 is 19.7 Å². The Morgan fingerprint density at radius 1 is 1.04 bits per heavy atom. The smallest absolute Gasteiger partial charge is 0.239 e. The van der Waals surface area contributed by atoms with Crippen LogP contribution >= 0.6 is 0 Å². The second-order valence-electron chi connectivity index (χ2n) is 6.47. The van der Waals surface area contributed by atoms with E-state index in [1.165, 1.54) is 17.0 Å². The number of carbonyl (C=O) groups is 2. The van der Waals surface area contributed by atoms with E-state index in [9.17, 15) is 14.0 Å². The Kier molecular flexibility index (Phi) is 6.47. The molecule has 0 atom stereocenters. The fourth-order valence-corrected chi connectivity index (χ4v) is 2.89. The number of halogens is 1. The molecule has 1 aliphatic heterocycles. The van der Waals surface area contributed by atoms with Gasteiger partial charge in [0.15, 0.2) is 11.5 Å². The van der Waals surface area contributed by atoms with Crippen LogP contribution in [0.1, 0.15) is 18.1 Å². The first-order valence-electron chi connectivity index (χ1n) is 9.22. The Hall–Kier alpha value is -3.09. The zero-order valence-electron chi connectivity index (χ0n) is 15.7. The largest absolute Gasteiger partial charge is 0.486 e. The van der Waals surface area contributed by atoms with E-state index in [1.54, 1.807) is 24.3 Å². The molecule has 2 aromatic carbocycles. The molecule has 28 heavy (non-hydrogen) atoms. The topological polar surface area (TPSA) is 67.9 Å². The molecule has 1 aliphatic rings. The summed E-state index contributed by atoms with van der Waals surface area (Å²) in [6.07, 6.45) is 0.176. The molecule has 0 aliphatic carbocycles. The van der Waals surface area contributed by atoms with Gasteiger partial charge in [0.1, 0.15) is 19.0 Å². The van der Waals surface area contributed by atoms with Crippen molar-refractivity contribution in [1.82, 2.24) is 10.2 Å². The van der Waals surface area contributed by atoms with Crippen LogP contribution in [0.5, 0.6) is 11.5 Å². The van der Waals surface area contributed by atoms with Crippen LogP contribution in [0, 0.1) is 5.82 Å². The van der Waals surface area contributed by atoms with E-state index in [0.717, 1.165) is 11.1 Å². The van der Waals surface area contributed by atoms with Gasteiger partial charge in [0.2, 0.25) is 11.8 Å². The molecule has 0 spiro atoms. The molecule has 6 nitrogen and oxygen atoms in total. The summed E-state index contributed by atoms with van der Waals surface area (Å²) in [6.45, 7) is 3.51. The molecule has 1 N–H and O–H groups in total. The van der Waals surface area contributed by atoms with Crippen LogP contribution in [-0.2, 0) is 22.6 Å². The molecule has 1 heterocycles. The van der Waals surface area contributed by atoms with E-state index in [-0.39, 0.29) is 37.1 Å². The summed E-state index contributed by atoms with van der Waals surface area (Å²) in [7, 11) is 0. The molecule has 0 saturated carbocycles. The highest BCUT2D eigenvalue weighted by Crippen LogP contribution is 2.30. The van der Waals surface area contributed by atoms with Gasteiger partial charge in [-0.15, -0.1) is 0 Å². The predicted molar refractivity (Wildman–Crippen MR) is 102 cm³/mol. The number of amides is 2. The summed E-state index contributed by atoms with van der Waals surface area (Å²) in [4.78, 5) is 26.3. The summed E-state index contributed by atoms with van der Waals surface area (Å²) in [5.41, 5.74) is 1.60. The predicted octanol–water partition coefficient (Wildman–Crippen LogP) is 2.30. The molecule has 0 bridgehead atoms. The molecule has 148 valence electrons. The van der Waals surface area contributed by atoms with Gasteiger partial charge in [-0.1, -0.05) is 18.2 Å². The summed E-state index contributed by atoms with van der Waals surface area (Å²) in [5, 5.41) is 2.75. The third-order valence-electron chi connectivity index (χ3n) is 4.43. The van der Waals surface area contributed by atoms with E-state index in [1.807, 2.05) is 13.0 Å². The first-order chi connectivity index (χ1) is 13.5. The standard InChI is InChI=1S/C21H23FN2O4/c1-2-24(14-20(25)23-13-15-3-6-17(22)7-4-15)21(26)12-16-5-8-18-19(11-16)28-10-9-27-18/h3-8,11H,2,9-10,12-14H2,1H3,(H,23,25). The first-order valence-corrected chi connectivity index (χ1v) is 9.22. The maximum atomic E-state index is 12.9. The van der Waals surface area contributed by atoms with Gasteiger partial charge in [-0.25, -0.2) is 4.39 Å². The van der Waals surface area contributed by atoms with Crippen molar-refractivity contribution >= 4 is 11.8 Å². The lowest BCUT2D eigenvalue weighted by Gasteiger charge is -2.22. The van der Waals surface area contributed by atoms with Crippen molar-refractivity contribution < 1.29 is 23.5 Å². The Morgan fingerprint density at radius 2 is 1.71 bits per heavy atom. The quantitative estimate of drug-likeness (QED) is 0.793. The van der Waals surface area contributed by atoms with Gasteiger partial charge in [0, 0.05) is 13.1 Å². The van der Waals surface area contributed by atoms with Gasteiger partial charge in [-0.05, 0) is 42.3 Å². The van der Waals surface area contributed by atoms with E-state index >= 15 is 0 Å². The molecule has 3 rings (SSSR count). The van der Waals surface area contributed by atoms with E-state index in [4.69, 9.17) is 9.47 Å². The lowest BCUT2D eigenvalue weighted by molar-refractivity contribution is -0.135. The highest BCUT2D eigenvalue weighted by atomic mass is 19.1. The van der Waals surface area contributed by atoms with Crippen LogP contribution in [0.25, 0.3) is 0 Å². The second-order valence-corrected chi connectivity index (χ2v) is 6.47. The fourth-order valence-electron chi connectivity index (χ4n) is 2.89. The average molecular weight is 386 g/mol. The molecular formula is C21H23FN2O4. The van der Waals surface area contributed by atoms with Crippen molar-refractivity contribution in [3.05, 3.63) is 59.4 Å². The number of nitrogens with zero attached hydrogens (tertiary/aromatic N) is 1. The second kappa shape index (κ2) is 9.21. The third kappa shape index (κ3) is 5.22. The molecule has 2 aromatic rings. The highest BCUT2D eigenvalue weighted by Gasteiger charge is 2.18. The van der Waals surface area contributed by atoms with Crippen molar-refractivity contribution in [1.29, 1.82) is 0 Å². The minimum atomic E-state index is -0.322. The first kappa shape index (κ1) is 19.7. The molecule has 0 fully saturated rings. The van der Waals surface area contributed by atoms with E-state index < -0.39 is 0 Å². The Labute approximate surface area is 163 Å². The minimum Gasteiger partial charge on any atom is -0.486 e. The van der Waals surface area contributed by atoms with Crippen molar-refractivity contribution in [2.24, 2.45) is 0 Å². The van der Waals surface area contributed by atoms with Gasteiger partial charge in [0.25, 0.3) is 0 Å². The minimum absolute atomic E-state index is 0.0267. The lowest BCUT2D eigenvalue weighted by atomic mass is 10.1. The Bertz CT molecular complexity index is 839. The van der Waals surface area contributed by atoms with Crippen LogP contribution in [0.4, 0.5) is 4.39 Å². The molecule has 7 heteroatoms. The van der Waals surface area contributed by atoms with E-state index in [2.05, 4.69) is 5.32 Å². The number of rotatable bonds is 7. The van der Waals surface area contributed by atoms with Crippen molar-refractivity contribution in [3.63, 3.8) is 0 Å². The number of ether oxygens (including phenoxy) is 2. The van der Waals surface area contributed by atoms with Gasteiger partial charge in [0.05, 0.1) is 13.0 Å². The van der Waals surface area contributed by atoms with Crippen LogP contribution in [-0.4, -0.2) is 43.0 Å². The monoisotopic (exact) mass is 386 g/mol. The number of likely N-dealkylation sites (N-methyl/N-ethyl adjacent to an activating group) is 1. The normalized spacial score (nSPS) is 12.4. The number of hydrogen-bond acceptors (Lipinski definition) is 4. The number of nitrogens with one attached hydrogen (secondary N) is 1. The summed E-state index contributed by atoms with van der Waals surface area (Å²) in [6, 6.07) is 11.3.